The van der Waals surface area contributed by atoms with Crippen molar-refractivity contribution in [3.8, 4) is 11.4 Å². The van der Waals surface area contributed by atoms with Gasteiger partial charge in [-0.25, -0.2) is 0 Å². The van der Waals surface area contributed by atoms with Crippen LogP contribution in [0.25, 0.3) is 11.4 Å². The zero-order valence-corrected chi connectivity index (χ0v) is 13.9. The van der Waals surface area contributed by atoms with Crippen LogP contribution >= 0.6 is 11.6 Å². The summed E-state index contributed by atoms with van der Waals surface area (Å²) in [5.41, 5.74) is 6.79. The molecule has 0 spiro atoms. The first-order valence-electron chi connectivity index (χ1n) is 7.75. The second kappa shape index (κ2) is 7.40. The third-order valence-electron chi connectivity index (χ3n) is 4.30. The monoisotopic (exact) mass is 336 g/mol. The molecule has 2 N–H and O–H groups in total. The molecule has 1 fully saturated rings. The van der Waals surface area contributed by atoms with E-state index in [4.69, 9.17) is 26.6 Å². The number of nitrogens with zero attached hydrogens (tertiary/aromatic N) is 3. The maximum Gasteiger partial charge on any atom is 0.241 e. The molecule has 23 heavy (non-hydrogen) atoms. The molecule has 7 heteroatoms. The summed E-state index contributed by atoms with van der Waals surface area (Å²) < 4.78 is 10.8. The minimum absolute atomic E-state index is 0.277. The lowest BCUT2D eigenvalue weighted by Gasteiger charge is -2.37. The SMILES string of the molecule is COC1CCN(Cc2nc(-c3ccc(Cl)cc3)no2)C(CN)C1. The first kappa shape index (κ1) is 16.4. The molecule has 0 amide bonds. The van der Waals surface area contributed by atoms with Crippen molar-refractivity contribution in [2.75, 3.05) is 20.2 Å². The predicted octanol–water partition coefficient (Wildman–Crippen LogP) is 2.33. The molecular weight excluding hydrogens is 316 g/mol. The average Bonchev–Trinajstić information content (AvgIpc) is 3.04. The van der Waals surface area contributed by atoms with Crippen LogP contribution in [0.3, 0.4) is 0 Å². The molecular formula is C16H21ClN4O2. The summed E-state index contributed by atoms with van der Waals surface area (Å²) >= 11 is 5.90. The standard InChI is InChI=1S/C16H21ClN4O2/c1-22-14-6-7-21(13(8-14)9-18)10-15-19-16(20-23-15)11-2-4-12(17)5-3-11/h2-5,13-14H,6-10,18H2,1H3. The highest BCUT2D eigenvalue weighted by atomic mass is 35.5. The van der Waals surface area contributed by atoms with Crippen LogP contribution in [0.4, 0.5) is 0 Å². The van der Waals surface area contributed by atoms with Gasteiger partial charge in [-0.2, -0.15) is 4.98 Å². The van der Waals surface area contributed by atoms with Gasteiger partial charge in [-0.05, 0) is 37.1 Å². The summed E-state index contributed by atoms with van der Waals surface area (Å²) in [6.45, 7) is 2.12. The number of aromatic nitrogens is 2. The van der Waals surface area contributed by atoms with Gasteiger partial charge in [0.25, 0.3) is 0 Å². The Kier molecular flexibility index (Phi) is 5.27. The van der Waals surface area contributed by atoms with Crippen molar-refractivity contribution in [1.29, 1.82) is 0 Å². The molecule has 0 saturated carbocycles. The van der Waals surface area contributed by atoms with Crippen LogP contribution in [0.5, 0.6) is 0 Å². The van der Waals surface area contributed by atoms with Crippen molar-refractivity contribution in [1.82, 2.24) is 15.0 Å². The van der Waals surface area contributed by atoms with Crippen molar-refractivity contribution < 1.29 is 9.26 Å². The number of likely N-dealkylation sites (tertiary alicyclic amines) is 1. The second-order valence-corrected chi connectivity index (χ2v) is 6.20. The maximum absolute atomic E-state index is 5.90. The minimum atomic E-state index is 0.277. The topological polar surface area (TPSA) is 77.4 Å². The number of piperidine rings is 1. The molecule has 124 valence electrons. The van der Waals surface area contributed by atoms with Gasteiger partial charge in [0.2, 0.25) is 11.7 Å². The Bertz CT molecular complexity index is 631. The lowest BCUT2D eigenvalue weighted by molar-refractivity contribution is 0.00676. The number of ether oxygens (including phenoxy) is 1. The fourth-order valence-corrected chi connectivity index (χ4v) is 3.07. The zero-order chi connectivity index (χ0) is 16.2. The smallest absolute Gasteiger partial charge is 0.241 e. The molecule has 2 unspecified atom stereocenters. The molecule has 2 heterocycles. The largest absolute Gasteiger partial charge is 0.381 e. The Morgan fingerprint density at radius 1 is 1.39 bits per heavy atom. The first-order chi connectivity index (χ1) is 11.2. The highest BCUT2D eigenvalue weighted by Crippen LogP contribution is 2.23. The lowest BCUT2D eigenvalue weighted by atomic mass is 9.99. The van der Waals surface area contributed by atoms with Crippen LogP contribution in [-0.2, 0) is 11.3 Å². The second-order valence-electron chi connectivity index (χ2n) is 5.76. The van der Waals surface area contributed by atoms with Crippen LogP contribution in [0.15, 0.2) is 28.8 Å². The summed E-state index contributed by atoms with van der Waals surface area (Å²) in [6.07, 6.45) is 2.21. The number of rotatable bonds is 5. The van der Waals surface area contributed by atoms with Gasteiger partial charge in [0.15, 0.2) is 0 Å². The van der Waals surface area contributed by atoms with E-state index in [2.05, 4.69) is 15.0 Å². The molecule has 0 radical (unpaired) electrons. The van der Waals surface area contributed by atoms with Crippen LogP contribution in [0.1, 0.15) is 18.7 Å². The molecule has 1 aromatic heterocycles. The lowest BCUT2D eigenvalue weighted by Crippen LogP contribution is -2.48. The normalized spacial score (nSPS) is 22.4. The van der Waals surface area contributed by atoms with E-state index in [0.717, 1.165) is 24.9 Å². The van der Waals surface area contributed by atoms with E-state index in [1.54, 1.807) is 7.11 Å². The summed E-state index contributed by atoms with van der Waals surface area (Å²) in [7, 11) is 1.75. The minimum Gasteiger partial charge on any atom is -0.381 e. The molecule has 6 nitrogen and oxygen atoms in total. The van der Waals surface area contributed by atoms with E-state index in [-0.39, 0.29) is 12.1 Å². The van der Waals surface area contributed by atoms with Gasteiger partial charge in [-0.15, -0.1) is 0 Å². The number of benzene rings is 1. The molecule has 1 aromatic carbocycles. The highest BCUT2D eigenvalue weighted by Gasteiger charge is 2.28. The molecule has 1 aliphatic rings. The van der Waals surface area contributed by atoms with E-state index in [9.17, 15) is 0 Å². The predicted molar refractivity (Wildman–Crippen MR) is 88.0 cm³/mol. The Labute approximate surface area is 140 Å². The van der Waals surface area contributed by atoms with Crippen LogP contribution < -0.4 is 5.73 Å². The van der Waals surface area contributed by atoms with Gasteiger partial charge >= 0.3 is 0 Å². The van der Waals surface area contributed by atoms with E-state index in [1.165, 1.54) is 0 Å². The Hall–Kier alpha value is -1.47. The number of hydrogen-bond donors (Lipinski definition) is 1. The molecule has 1 saturated heterocycles. The molecule has 3 rings (SSSR count). The van der Waals surface area contributed by atoms with Crippen molar-refractivity contribution >= 4 is 11.6 Å². The zero-order valence-electron chi connectivity index (χ0n) is 13.1. The third kappa shape index (κ3) is 3.90. The fraction of sp³-hybridized carbons (Fsp3) is 0.500. The molecule has 0 aliphatic carbocycles. The molecule has 1 aliphatic heterocycles. The Morgan fingerprint density at radius 2 is 2.17 bits per heavy atom. The summed E-state index contributed by atoms with van der Waals surface area (Å²) in [5.74, 6) is 1.18. The number of hydrogen-bond acceptors (Lipinski definition) is 6. The maximum atomic E-state index is 5.90. The van der Waals surface area contributed by atoms with Crippen LogP contribution in [0, 0.1) is 0 Å². The van der Waals surface area contributed by atoms with Gasteiger partial charge in [0, 0.05) is 36.8 Å². The molecule has 2 atom stereocenters. The summed E-state index contributed by atoms with van der Waals surface area (Å²) in [5, 5.41) is 4.74. The van der Waals surface area contributed by atoms with Gasteiger partial charge in [0.05, 0.1) is 12.6 Å². The van der Waals surface area contributed by atoms with Crippen molar-refractivity contribution in [2.45, 2.75) is 31.5 Å². The van der Waals surface area contributed by atoms with E-state index >= 15 is 0 Å². The van der Waals surface area contributed by atoms with Gasteiger partial charge in [0.1, 0.15) is 0 Å². The van der Waals surface area contributed by atoms with E-state index < -0.39 is 0 Å². The molecule has 2 aromatic rings. The number of halogens is 1. The van der Waals surface area contributed by atoms with Crippen LogP contribution in [0.2, 0.25) is 5.02 Å². The highest BCUT2D eigenvalue weighted by molar-refractivity contribution is 6.30. The van der Waals surface area contributed by atoms with Gasteiger partial charge < -0.3 is 15.0 Å². The first-order valence-corrected chi connectivity index (χ1v) is 8.13. The number of nitrogens with two attached hydrogens (primary N) is 1. The van der Waals surface area contributed by atoms with Crippen molar-refractivity contribution in [3.63, 3.8) is 0 Å². The average molecular weight is 337 g/mol. The quantitative estimate of drug-likeness (QED) is 0.903. The summed E-state index contributed by atoms with van der Waals surface area (Å²) in [4.78, 5) is 6.76. The van der Waals surface area contributed by atoms with E-state index in [0.29, 0.717) is 29.8 Å². The Morgan fingerprint density at radius 3 is 2.87 bits per heavy atom. The Balaban J connectivity index is 1.67. The third-order valence-corrected chi connectivity index (χ3v) is 4.56. The summed E-state index contributed by atoms with van der Waals surface area (Å²) in [6, 6.07) is 7.66. The number of methoxy groups -OCH3 is 1. The van der Waals surface area contributed by atoms with Gasteiger partial charge in [-0.1, -0.05) is 16.8 Å². The van der Waals surface area contributed by atoms with Crippen molar-refractivity contribution in [2.24, 2.45) is 5.73 Å². The van der Waals surface area contributed by atoms with E-state index in [1.807, 2.05) is 24.3 Å². The molecule has 0 bridgehead atoms. The van der Waals surface area contributed by atoms with Crippen molar-refractivity contribution in [3.05, 3.63) is 35.2 Å². The fourth-order valence-electron chi connectivity index (χ4n) is 2.94. The van der Waals surface area contributed by atoms with Gasteiger partial charge in [-0.3, -0.25) is 4.90 Å². The van der Waals surface area contributed by atoms with Crippen LogP contribution in [-0.4, -0.2) is 47.4 Å².